The van der Waals surface area contributed by atoms with Crippen molar-refractivity contribution in [2.45, 2.75) is 25.8 Å². The molecule has 3 aromatic rings. The first-order valence-electron chi connectivity index (χ1n) is 8.61. The van der Waals surface area contributed by atoms with Gasteiger partial charge in [-0.3, -0.25) is 4.79 Å². The first-order valence-corrected chi connectivity index (χ1v) is 8.61. The topological polar surface area (TPSA) is 46.3 Å². The fourth-order valence-corrected chi connectivity index (χ4v) is 2.71. The van der Waals surface area contributed by atoms with Crippen LogP contribution in [0.15, 0.2) is 65.2 Å². The molecule has 0 saturated carbocycles. The highest BCUT2D eigenvalue weighted by molar-refractivity contribution is 5.75. The fourth-order valence-electron chi connectivity index (χ4n) is 2.71. The lowest BCUT2D eigenvalue weighted by Crippen LogP contribution is -2.26. The van der Waals surface area contributed by atoms with E-state index in [1.165, 1.54) is 6.07 Å². The van der Waals surface area contributed by atoms with Crippen molar-refractivity contribution in [3.8, 4) is 11.3 Å². The van der Waals surface area contributed by atoms with Crippen molar-refractivity contribution in [2.24, 2.45) is 0 Å². The van der Waals surface area contributed by atoms with Crippen LogP contribution in [-0.4, -0.2) is 22.8 Å². The summed E-state index contributed by atoms with van der Waals surface area (Å²) < 4.78 is 19.4. The number of nitrogens with zero attached hydrogens (tertiary/aromatic N) is 2. The molecule has 0 bridgehead atoms. The molecule has 3 rings (SSSR count). The maximum atomic E-state index is 13.7. The molecule has 0 aliphatic carbocycles. The maximum absolute atomic E-state index is 13.7. The van der Waals surface area contributed by atoms with Crippen molar-refractivity contribution in [1.29, 1.82) is 0 Å². The zero-order valence-electron chi connectivity index (χ0n) is 14.7. The maximum Gasteiger partial charge on any atom is 0.222 e. The van der Waals surface area contributed by atoms with E-state index in [-0.39, 0.29) is 18.3 Å². The fraction of sp³-hybridized carbons (Fsp3) is 0.238. The second-order valence-corrected chi connectivity index (χ2v) is 6.18. The van der Waals surface area contributed by atoms with Gasteiger partial charge in [-0.05, 0) is 12.5 Å². The van der Waals surface area contributed by atoms with Crippen LogP contribution in [0, 0.1) is 5.82 Å². The van der Waals surface area contributed by atoms with Crippen LogP contribution >= 0.6 is 0 Å². The van der Waals surface area contributed by atoms with Crippen LogP contribution in [0.5, 0.6) is 0 Å². The van der Waals surface area contributed by atoms with Gasteiger partial charge in [-0.2, -0.15) is 0 Å². The van der Waals surface area contributed by atoms with E-state index >= 15 is 0 Å². The Morgan fingerprint density at radius 3 is 2.62 bits per heavy atom. The van der Waals surface area contributed by atoms with E-state index in [2.05, 4.69) is 4.98 Å². The number of rotatable bonds is 7. The monoisotopic (exact) mass is 352 g/mol. The lowest BCUT2D eigenvalue weighted by molar-refractivity contribution is -0.130. The molecule has 0 radical (unpaired) electrons. The second kappa shape index (κ2) is 8.43. The van der Waals surface area contributed by atoms with Crippen molar-refractivity contribution < 1.29 is 13.6 Å². The van der Waals surface area contributed by atoms with E-state index in [0.717, 1.165) is 11.3 Å². The van der Waals surface area contributed by atoms with E-state index < -0.39 is 0 Å². The molecule has 0 fully saturated rings. The highest BCUT2D eigenvalue weighted by Crippen LogP contribution is 2.20. The summed E-state index contributed by atoms with van der Waals surface area (Å²) >= 11 is 0. The Bertz CT molecular complexity index is 861. The van der Waals surface area contributed by atoms with Crippen LogP contribution in [0.1, 0.15) is 24.3 Å². The number of amides is 1. The average Bonchev–Trinajstić information content (AvgIpc) is 3.13. The summed E-state index contributed by atoms with van der Waals surface area (Å²) in [5.41, 5.74) is 1.50. The number of aryl methyl sites for hydroxylation is 1. The first-order chi connectivity index (χ1) is 12.6. The molecule has 0 atom stereocenters. The molecule has 0 aliphatic heterocycles. The standard InChI is InChI=1S/C21H21FN2O2/c1-24(15-17-10-5-6-11-18(17)22)21(25)13-7-12-20-23-14-19(26-20)16-8-3-2-4-9-16/h2-6,8-11,14H,7,12-13,15H2,1H3. The van der Waals surface area contributed by atoms with Gasteiger partial charge in [0.15, 0.2) is 11.7 Å². The molecule has 1 amide bonds. The molecule has 4 nitrogen and oxygen atoms in total. The largest absolute Gasteiger partial charge is 0.441 e. The predicted octanol–water partition coefficient (Wildman–Crippen LogP) is 4.46. The van der Waals surface area contributed by atoms with Gasteiger partial charge < -0.3 is 9.32 Å². The van der Waals surface area contributed by atoms with Crippen LogP contribution < -0.4 is 0 Å². The molecular weight excluding hydrogens is 331 g/mol. The summed E-state index contributed by atoms with van der Waals surface area (Å²) in [5, 5.41) is 0. The highest BCUT2D eigenvalue weighted by atomic mass is 19.1. The summed E-state index contributed by atoms with van der Waals surface area (Å²) in [5.74, 6) is 1.03. The van der Waals surface area contributed by atoms with E-state index in [4.69, 9.17) is 4.42 Å². The summed E-state index contributed by atoms with van der Waals surface area (Å²) in [6, 6.07) is 16.3. The van der Waals surface area contributed by atoms with Gasteiger partial charge in [0.2, 0.25) is 5.91 Å². The van der Waals surface area contributed by atoms with E-state index in [1.807, 2.05) is 30.3 Å². The number of carbonyl (C=O) groups excluding carboxylic acids is 1. The van der Waals surface area contributed by atoms with Crippen molar-refractivity contribution in [2.75, 3.05) is 7.05 Å². The molecular formula is C21H21FN2O2. The van der Waals surface area contributed by atoms with E-state index in [9.17, 15) is 9.18 Å². The molecule has 1 heterocycles. The van der Waals surface area contributed by atoms with Crippen LogP contribution in [0.3, 0.4) is 0 Å². The number of benzene rings is 2. The van der Waals surface area contributed by atoms with Gasteiger partial charge in [-0.1, -0.05) is 48.5 Å². The molecule has 5 heteroatoms. The van der Waals surface area contributed by atoms with Crippen LogP contribution in [0.25, 0.3) is 11.3 Å². The Kier molecular flexibility index (Phi) is 5.79. The number of hydrogen-bond acceptors (Lipinski definition) is 3. The van der Waals surface area contributed by atoms with Crippen LogP contribution in [0.4, 0.5) is 4.39 Å². The number of carbonyl (C=O) groups is 1. The van der Waals surface area contributed by atoms with Crippen LogP contribution in [0.2, 0.25) is 0 Å². The van der Waals surface area contributed by atoms with Gasteiger partial charge in [0, 0.05) is 37.6 Å². The normalized spacial score (nSPS) is 10.7. The smallest absolute Gasteiger partial charge is 0.222 e. The van der Waals surface area contributed by atoms with Gasteiger partial charge in [0.25, 0.3) is 0 Å². The molecule has 0 spiro atoms. The zero-order chi connectivity index (χ0) is 18.4. The van der Waals surface area contributed by atoms with Gasteiger partial charge >= 0.3 is 0 Å². The van der Waals surface area contributed by atoms with Gasteiger partial charge in [0.1, 0.15) is 5.82 Å². The Labute approximate surface area is 152 Å². The van der Waals surface area contributed by atoms with Gasteiger partial charge in [-0.15, -0.1) is 0 Å². The lowest BCUT2D eigenvalue weighted by atomic mass is 10.2. The van der Waals surface area contributed by atoms with E-state index in [0.29, 0.717) is 30.7 Å². The minimum Gasteiger partial charge on any atom is -0.441 e. The molecule has 0 aliphatic rings. The third kappa shape index (κ3) is 4.57. The first kappa shape index (κ1) is 17.9. The quantitative estimate of drug-likeness (QED) is 0.631. The second-order valence-electron chi connectivity index (χ2n) is 6.18. The third-order valence-electron chi connectivity index (χ3n) is 4.18. The molecule has 0 unspecified atom stereocenters. The summed E-state index contributed by atoms with van der Waals surface area (Å²) in [4.78, 5) is 18.0. The minimum absolute atomic E-state index is 0.0249. The Morgan fingerprint density at radius 1 is 1.12 bits per heavy atom. The summed E-state index contributed by atoms with van der Waals surface area (Å²) in [6.07, 6.45) is 3.30. The molecule has 134 valence electrons. The van der Waals surface area contributed by atoms with E-state index in [1.54, 1.807) is 36.3 Å². The lowest BCUT2D eigenvalue weighted by Gasteiger charge is -2.17. The molecule has 0 N–H and O–H groups in total. The van der Waals surface area contributed by atoms with Crippen LogP contribution in [-0.2, 0) is 17.8 Å². The Balaban J connectivity index is 1.48. The number of hydrogen-bond donors (Lipinski definition) is 0. The Morgan fingerprint density at radius 2 is 1.85 bits per heavy atom. The minimum atomic E-state index is -0.291. The molecule has 0 saturated heterocycles. The summed E-state index contributed by atoms with van der Waals surface area (Å²) in [6.45, 7) is 0.267. The summed E-state index contributed by atoms with van der Waals surface area (Å²) in [7, 11) is 1.69. The average molecular weight is 352 g/mol. The van der Waals surface area contributed by atoms with Gasteiger partial charge in [0.05, 0.1) is 6.20 Å². The van der Waals surface area contributed by atoms with Crippen molar-refractivity contribution >= 4 is 5.91 Å². The SMILES string of the molecule is CN(Cc1ccccc1F)C(=O)CCCc1ncc(-c2ccccc2)o1. The number of oxazole rings is 1. The highest BCUT2D eigenvalue weighted by Gasteiger charge is 2.12. The van der Waals surface area contributed by atoms with Crippen molar-refractivity contribution in [3.63, 3.8) is 0 Å². The number of aromatic nitrogens is 1. The molecule has 2 aromatic carbocycles. The molecule has 1 aromatic heterocycles. The zero-order valence-corrected chi connectivity index (χ0v) is 14.7. The van der Waals surface area contributed by atoms with Gasteiger partial charge in [-0.25, -0.2) is 9.37 Å². The predicted molar refractivity (Wildman–Crippen MR) is 97.8 cm³/mol. The van der Waals surface area contributed by atoms with Crippen molar-refractivity contribution in [3.05, 3.63) is 78.1 Å². The number of halogens is 1. The van der Waals surface area contributed by atoms with Crippen molar-refractivity contribution in [1.82, 2.24) is 9.88 Å². The third-order valence-corrected chi connectivity index (χ3v) is 4.18. The Hall–Kier alpha value is -2.95. The molecule has 26 heavy (non-hydrogen) atoms.